The normalized spacial score (nSPS) is 20.3. The summed E-state index contributed by atoms with van der Waals surface area (Å²) in [4.78, 5) is 10.9. The molecule has 176 valence electrons. The first-order valence-corrected chi connectivity index (χ1v) is 11.8. The third kappa shape index (κ3) is 9.08. The first-order valence-electron chi connectivity index (χ1n) is 11.8. The summed E-state index contributed by atoms with van der Waals surface area (Å²) in [5, 5.41) is 6.83. The van der Waals surface area contributed by atoms with Crippen molar-refractivity contribution in [3.05, 3.63) is 24.1 Å². The molecular weight excluding hydrogens is 508 g/mol. The van der Waals surface area contributed by atoms with E-state index < -0.39 is 0 Å². The lowest BCUT2D eigenvalue weighted by atomic mass is 10.1. The van der Waals surface area contributed by atoms with E-state index in [0.29, 0.717) is 11.9 Å². The summed E-state index contributed by atoms with van der Waals surface area (Å²) >= 11 is 0. The predicted octanol–water partition coefficient (Wildman–Crippen LogP) is 4.49. The summed E-state index contributed by atoms with van der Waals surface area (Å²) in [5.41, 5.74) is 0. The van der Waals surface area contributed by atoms with Gasteiger partial charge in [-0.15, -0.1) is 24.0 Å². The number of nitrogens with one attached hydrogen (secondary N) is 2. The molecule has 2 aliphatic rings. The molecule has 2 fully saturated rings. The number of hydrogen-bond acceptors (Lipinski definition) is 4. The molecule has 2 heterocycles. The van der Waals surface area contributed by atoms with Crippen LogP contribution in [0, 0.1) is 5.82 Å². The van der Waals surface area contributed by atoms with E-state index in [-0.39, 0.29) is 35.8 Å². The highest BCUT2D eigenvalue weighted by Crippen LogP contribution is 2.21. The van der Waals surface area contributed by atoms with Gasteiger partial charge in [0.15, 0.2) is 17.6 Å². The van der Waals surface area contributed by atoms with Gasteiger partial charge in [0.05, 0.1) is 6.10 Å². The zero-order valence-electron chi connectivity index (χ0n) is 18.8. The van der Waals surface area contributed by atoms with Gasteiger partial charge in [-0.1, -0.05) is 25.7 Å². The molecule has 0 amide bonds. The molecule has 1 atom stereocenters. The average molecular weight is 548 g/mol. The summed E-state index contributed by atoms with van der Waals surface area (Å²) < 4.78 is 20.1. The predicted molar refractivity (Wildman–Crippen MR) is 136 cm³/mol. The van der Waals surface area contributed by atoms with Gasteiger partial charge >= 0.3 is 0 Å². The molecule has 8 heteroatoms. The van der Waals surface area contributed by atoms with Gasteiger partial charge in [0.2, 0.25) is 0 Å². The van der Waals surface area contributed by atoms with Gasteiger partial charge in [-0.25, -0.2) is 9.37 Å². The minimum atomic E-state index is -0.259. The van der Waals surface area contributed by atoms with Crippen molar-refractivity contribution in [3.63, 3.8) is 0 Å². The van der Waals surface area contributed by atoms with Crippen LogP contribution in [0.4, 0.5) is 10.2 Å². The minimum Gasteiger partial charge on any atom is -0.378 e. The van der Waals surface area contributed by atoms with Crippen LogP contribution in [0.1, 0.15) is 64.7 Å². The van der Waals surface area contributed by atoms with Crippen LogP contribution in [-0.2, 0) is 4.74 Å². The van der Waals surface area contributed by atoms with Crippen molar-refractivity contribution in [1.82, 2.24) is 15.6 Å². The molecule has 1 saturated carbocycles. The number of pyridine rings is 1. The highest BCUT2D eigenvalue weighted by Gasteiger charge is 2.25. The third-order valence-electron chi connectivity index (χ3n) is 5.89. The Hall–Kier alpha value is -1.16. The fourth-order valence-corrected chi connectivity index (χ4v) is 4.26. The number of ether oxygens (including phenoxy) is 1. The van der Waals surface area contributed by atoms with E-state index in [2.05, 4.69) is 22.5 Å². The highest BCUT2D eigenvalue weighted by molar-refractivity contribution is 14.0. The Bertz CT molecular complexity index is 655. The molecule has 2 N–H and O–H groups in total. The Labute approximate surface area is 203 Å². The monoisotopic (exact) mass is 547 g/mol. The molecule has 1 aliphatic carbocycles. The van der Waals surface area contributed by atoms with E-state index in [1.54, 1.807) is 12.3 Å². The van der Waals surface area contributed by atoms with Crippen molar-refractivity contribution in [1.29, 1.82) is 0 Å². The lowest BCUT2D eigenvalue weighted by Crippen LogP contribution is -2.44. The quantitative estimate of drug-likeness (QED) is 0.157. The summed E-state index contributed by atoms with van der Waals surface area (Å²) in [5.74, 6) is 1.03. The second-order valence-corrected chi connectivity index (χ2v) is 8.34. The third-order valence-corrected chi connectivity index (χ3v) is 5.89. The SMILES string of the molecule is CCNC(=NCCCCOC1CCCCCC1)NC1CCN(c2ncccc2F)C1.I. The maximum Gasteiger partial charge on any atom is 0.191 e. The lowest BCUT2D eigenvalue weighted by Gasteiger charge is -2.20. The highest BCUT2D eigenvalue weighted by atomic mass is 127. The minimum absolute atomic E-state index is 0. The van der Waals surface area contributed by atoms with Crippen LogP contribution in [0.3, 0.4) is 0 Å². The van der Waals surface area contributed by atoms with Crippen LogP contribution in [0.25, 0.3) is 0 Å². The second-order valence-electron chi connectivity index (χ2n) is 8.34. The molecule has 6 nitrogen and oxygen atoms in total. The molecule has 0 spiro atoms. The van der Waals surface area contributed by atoms with Crippen molar-refractivity contribution in [2.45, 2.75) is 76.9 Å². The number of guanidine groups is 1. The van der Waals surface area contributed by atoms with E-state index >= 15 is 0 Å². The van der Waals surface area contributed by atoms with Gasteiger partial charge < -0.3 is 20.3 Å². The molecule has 3 rings (SSSR count). The van der Waals surface area contributed by atoms with Crippen molar-refractivity contribution >= 4 is 35.8 Å². The fraction of sp³-hybridized carbons (Fsp3) is 0.739. The molecule has 1 unspecified atom stereocenters. The molecule has 1 aromatic rings. The second kappa shape index (κ2) is 14.8. The number of anilines is 1. The average Bonchev–Trinajstić information content (AvgIpc) is 3.04. The Morgan fingerprint density at radius 2 is 2.03 bits per heavy atom. The zero-order valence-corrected chi connectivity index (χ0v) is 21.2. The first-order chi connectivity index (χ1) is 14.8. The number of rotatable bonds is 9. The Balaban J connectivity index is 0.00000341. The van der Waals surface area contributed by atoms with Crippen molar-refractivity contribution < 1.29 is 9.13 Å². The van der Waals surface area contributed by atoms with E-state index in [1.807, 2.05) is 4.90 Å². The Kier molecular flexibility index (Phi) is 12.5. The van der Waals surface area contributed by atoms with Gasteiger partial charge in [-0.2, -0.15) is 0 Å². The molecule has 31 heavy (non-hydrogen) atoms. The number of aromatic nitrogens is 1. The molecule has 0 aromatic carbocycles. The van der Waals surface area contributed by atoms with Crippen LogP contribution < -0.4 is 15.5 Å². The van der Waals surface area contributed by atoms with Crippen LogP contribution >= 0.6 is 24.0 Å². The summed E-state index contributed by atoms with van der Waals surface area (Å²) in [6.07, 6.45) is 13.0. The van der Waals surface area contributed by atoms with Crippen LogP contribution in [0.5, 0.6) is 0 Å². The lowest BCUT2D eigenvalue weighted by molar-refractivity contribution is 0.0413. The van der Waals surface area contributed by atoms with Crippen LogP contribution in [-0.4, -0.2) is 55.9 Å². The van der Waals surface area contributed by atoms with Gasteiger partial charge in [-0.3, -0.25) is 4.99 Å². The topological polar surface area (TPSA) is 61.8 Å². The molecule has 1 aromatic heterocycles. The Morgan fingerprint density at radius 1 is 1.23 bits per heavy atom. The smallest absolute Gasteiger partial charge is 0.191 e. The first kappa shape index (κ1) is 26.1. The largest absolute Gasteiger partial charge is 0.378 e. The van der Waals surface area contributed by atoms with Crippen molar-refractivity contribution in [2.75, 3.05) is 37.7 Å². The standard InChI is InChI=1S/C23H38FN5O.HI/c1-2-25-23(27-14-7-8-17-30-20-10-5-3-4-6-11-20)28-19-13-16-29(18-19)22-21(24)12-9-15-26-22;/h9,12,15,19-20H,2-8,10-11,13-14,16-18H2,1H3,(H2,25,27,28);1H. The van der Waals surface area contributed by atoms with Crippen LogP contribution in [0.2, 0.25) is 0 Å². The van der Waals surface area contributed by atoms with E-state index in [9.17, 15) is 4.39 Å². The van der Waals surface area contributed by atoms with Crippen molar-refractivity contribution in [3.8, 4) is 0 Å². The maximum atomic E-state index is 14.0. The number of aliphatic imine (C=N–C) groups is 1. The van der Waals surface area contributed by atoms with Crippen molar-refractivity contribution in [2.24, 2.45) is 4.99 Å². The van der Waals surface area contributed by atoms with Gasteiger partial charge in [0.1, 0.15) is 0 Å². The van der Waals surface area contributed by atoms with E-state index in [0.717, 1.165) is 58.0 Å². The number of hydrogen-bond donors (Lipinski definition) is 2. The summed E-state index contributed by atoms with van der Waals surface area (Å²) in [6.45, 7) is 6.05. The summed E-state index contributed by atoms with van der Waals surface area (Å²) in [7, 11) is 0. The van der Waals surface area contributed by atoms with E-state index in [4.69, 9.17) is 9.73 Å². The van der Waals surface area contributed by atoms with Gasteiger partial charge in [0.25, 0.3) is 0 Å². The van der Waals surface area contributed by atoms with Crippen LogP contribution in [0.15, 0.2) is 23.3 Å². The Morgan fingerprint density at radius 3 is 2.77 bits per heavy atom. The maximum absolute atomic E-state index is 14.0. The number of nitrogens with zero attached hydrogens (tertiary/aromatic N) is 3. The van der Waals surface area contributed by atoms with Gasteiger partial charge in [0, 0.05) is 45.0 Å². The zero-order chi connectivity index (χ0) is 21.0. The molecule has 0 bridgehead atoms. The molecular formula is C23H39FIN5O. The fourth-order valence-electron chi connectivity index (χ4n) is 4.26. The number of halogens is 2. The molecule has 0 radical (unpaired) electrons. The van der Waals surface area contributed by atoms with E-state index in [1.165, 1.54) is 44.6 Å². The number of unbranched alkanes of at least 4 members (excludes halogenated alkanes) is 1. The van der Waals surface area contributed by atoms with Gasteiger partial charge in [-0.05, 0) is 51.2 Å². The molecule has 1 saturated heterocycles. The molecule has 1 aliphatic heterocycles. The summed E-state index contributed by atoms with van der Waals surface area (Å²) in [6, 6.07) is 3.33.